The molecule has 3 aliphatic rings. The molecule has 0 aromatic heterocycles. The SMILES string of the molecule is CCCCCN1C(=O)C(C)(C2CC2)NC(=O)C1C1CC1. The molecular formula is C16H26N2O2. The van der Waals surface area contributed by atoms with Gasteiger partial charge in [0.25, 0.3) is 0 Å². The van der Waals surface area contributed by atoms with E-state index in [2.05, 4.69) is 12.2 Å². The van der Waals surface area contributed by atoms with Crippen LogP contribution >= 0.6 is 0 Å². The van der Waals surface area contributed by atoms with E-state index in [1.807, 2.05) is 11.8 Å². The van der Waals surface area contributed by atoms with Crippen molar-refractivity contribution in [2.24, 2.45) is 11.8 Å². The van der Waals surface area contributed by atoms with Crippen molar-refractivity contribution in [2.45, 2.75) is 70.4 Å². The number of carbonyl (C=O) groups excluding carboxylic acids is 2. The van der Waals surface area contributed by atoms with Crippen LogP contribution in [0.15, 0.2) is 0 Å². The van der Waals surface area contributed by atoms with Gasteiger partial charge in [0, 0.05) is 6.54 Å². The highest BCUT2D eigenvalue weighted by molar-refractivity contribution is 6.00. The molecule has 4 heteroatoms. The van der Waals surface area contributed by atoms with Gasteiger partial charge in [0.15, 0.2) is 0 Å². The molecule has 1 aliphatic heterocycles. The summed E-state index contributed by atoms with van der Waals surface area (Å²) in [6, 6.07) is -0.189. The predicted octanol–water partition coefficient (Wildman–Crippen LogP) is 2.08. The normalized spacial score (nSPS) is 34.3. The number of rotatable bonds is 6. The van der Waals surface area contributed by atoms with Crippen molar-refractivity contribution in [3.8, 4) is 0 Å². The number of nitrogens with one attached hydrogen (secondary N) is 1. The van der Waals surface area contributed by atoms with Gasteiger partial charge in [0.2, 0.25) is 11.8 Å². The molecule has 3 rings (SSSR count). The zero-order chi connectivity index (χ0) is 14.3. The molecule has 1 saturated heterocycles. The number of hydrogen-bond donors (Lipinski definition) is 1. The van der Waals surface area contributed by atoms with Crippen molar-refractivity contribution in [3.05, 3.63) is 0 Å². The predicted molar refractivity (Wildman–Crippen MR) is 77.0 cm³/mol. The van der Waals surface area contributed by atoms with Crippen LogP contribution in [0.4, 0.5) is 0 Å². The molecule has 2 saturated carbocycles. The molecule has 2 aliphatic carbocycles. The number of unbranched alkanes of at least 4 members (excludes halogenated alkanes) is 2. The molecule has 1 N–H and O–H groups in total. The van der Waals surface area contributed by atoms with Crippen LogP contribution in [0.3, 0.4) is 0 Å². The van der Waals surface area contributed by atoms with Crippen molar-refractivity contribution in [2.75, 3.05) is 6.54 Å². The van der Waals surface area contributed by atoms with E-state index < -0.39 is 5.54 Å². The Labute approximate surface area is 121 Å². The van der Waals surface area contributed by atoms with E-state index >= 15 is 0 Å². The number of nitrogens with zero attached hydrogens (tertiary/aromatic N) is 1. The molecule has 20 heavy (non-hydrogen) atoms. The van der Waals surface area contributed by atoms with Crippen molar-refractivity contribution < 1.29 is 9.59 Å². The fourth-order valence-electron chi connectivity index (χ4n) is 3.54. The zero-order valence-corrected chi connectivity index (χ0v) is 12.7. The summed E-state index contributed by atoms with van der Waals surface area (Å²) in [5.74, 6) is 1.03. The highest BCUT2D eigenvalue weighted by Gasteiger charge is 2.57. The van der Waals surface area contributed by atoms with Gasteiger partial charge >= 0.3 is 0 Å². The van der Waals surface area contributed by atoms with Gasteiger partial charge in [0.1, 0.15) is 11.6 Å². The van der Waals surface area contributed by atoms with Gasteiger partial charge in [-0.2, -0.15) is 0 Å². The molecule has 0 spiro atoms. The van der Waals surface area contributed by atoms with Gasteiger partial charge in [-0.05, 0) is 50.9 Å². The quantitative estimate of drug-likeness (QED) is 0.756. The topological polar surface area (TPSA) is 49.4 Å². The Bertz CT molecular complexity index is 415. The molecular weight excluding hydrogens is 252 g/mol. The molecule has 0 aromatic carbocycles. The molecule has 2 atom stereocenters. The number of carbonyl (C=O) groups is 2. The molecule has 3 fully saturated rings. The molecule has 4 nitrogen and oxygen atoms in total. The maximum atomic E-state index is 12.9. The number of piperazine rings is 1. The molecule has 0 aromatic rings. The van der Waals surface area contributed by atoms with Gasteiger partial charge in [0.05, 0.1) is 0 Å². The molecule has 2 unspecified atom stereocenters. The van der Waals surface area contributed by atoms with Crippen LogP contribution in [-0.2, 0) is 9.59 Å². The number of amides is 2. The molecule has 0 radical (unpaired) electrons. The second-order valence-electron chi connectivity index (χ2n) is 6.95. The van der Waals surface area contributed by atoms with Crippen molar-refractivity contribution in [1.82, 2.24) is 10.2 Å². The number of hydrogen-bond acceptors (Lipinski definition) is 2. The van der Waals surface area contributed by atoms with E-state index in [0.717, 1.165) is 51.5 Å². The minimum atomic E-state index is -0.630. The third-order valence-corrected chi connectivity index (χ3v) is 5.16. The van der Waals surface area contributed by atoms with E-state index in [9.17, 15) is 9.59 Å². The van der Waals surface area contributed by atoms with E-state index in [1.54, 1.807) is 0 Å². The summed E-state index contributed by atoms with van der Waals surface area (Å²) in [4.78, 5) is 27.4. The summed E-state index contributed by atoms with van der Waals surface area (Å²) in [5, 5.41) is 3.07. The molecule has 112 valence electrons. The van der Waals surface area contributed by atoms with E-state index in [4.69, 9.17) is 0 Å². The third kappa shape index (κ3) is 2.33. The lowest BCUT2D eigenvalue weighted by molar-refractivity contribution is -0.156. The lowest BCUT2D eigenvalue weighted by Crippen LogP contribution is -2.70. The Kier molecular flexibility index (Phi) is 3.51. The minimum Gasteiger partial charge on any atom is -0.340 e. The summed E-state index contributed by atoms with van der Waals surface area (Å²) in [5.41, 5.74) is -0.630. The van der Waals surface area contributed by atoms with Crippen LogP contribution in [0, 0.1) is 11.8 Å². The monoisotopic (exact) mass is 278 g/mol. The average Bonchev–Trinajstić information content (AvgIpc) is 3.28. The van der Waals surface area contributed by atoms with E-state index in [-0.39, 0.29) is 17.9 Å². The maximum Gasteiger partial charge on any atom is 0.249 e. The van der Waals surface area contributed by atoms with Crippen LogP contribution in [0.25, 0.3) is 0 Å². The fraction of sp³-hybridized carbons (Fsp3) is 0.875. The van der Waals surface area contributed by atoms with Crippen LogP contribution in [0.2, 0.25) is 0 Å². The second kappa shape index (κ2) is 5.05. The lowest BCUT2D eigenvalue weighted by Gasteiger charge is -2.45. The zero-order valence-electron chi connectivity index (χ0n) is 12.7. The van der Waals surface area contributed by atoms with E-state index in [1.165, 1.54) is 0 Å². The molecule has 1 heterocycles. The Balaban J connectivity index is 1.78. The van der Waals surface area contributed by atoms with Crippen molar-refractivity contribution in [3.63, 3.8) is 0 Å². The van der Waals surface area contributed by atoms with Gasteiger partial charge in [-0.15, -0.1) is 0 Å². The summed E-state index contributed by atoms with van der Waals surface area (Å²) in [6.45, 7) is 4.85. The average molecular weight is 278 g/mol. The lowest BCUT2D eigenvalue weighted by atomic mass is 9.88. The first-order valence-corrected chi connectivity index (χ1v) is 8.21. The Morgan fingerprint density at radius 1 is 1.20 bits per heavy atom. The summed E-state index contributed by atoms with van der Waals surface area (Å²) in [6.07, 6.45) is 7.61. The highest BCUT2D eigenvalue weighted by Crippen LogP contribution is 2.45. The second-order valence-corrected chi connectivity index (χ2v) is 6.95. The van der Waals surface area contributed by atoms with E-state index in [0.29, 0.717) is 11.8 Å². The Morgan fingerprint density at radius 3 is 2.45 bits per heavy atom. The third-order valence-electron chi connectivity index (χ3n) is 5.16. The van der Waals surface area contributed by atoms with Crippen LogP contribution in [0.1, 0.15) is 58.8 Å². The van der Waals surface area contributed by atoms with Gasteiger partial charge in [-0.3, -0.25) is 9.59 Å². The standard InChI is InChI=1S/C16H26N2O2/c1-3-4-5-10-18-13(11-6-7-11)14(19)17-16(2,15(18)20)12-8-9-12/h11-13H,3-10H2,1-2H3,(H,17,19). The van der Waals surface area contributed by atoms with Gasteiger partial charge in [-0.25, -0.2) is 0 Å². The highest BCUT2D eigenvalue weighted by atomic mass is 16.2. The van der Waals surface area contributed by atoms with Gasteiger partial charge < -0.3 is 10.2 Å². The minimum absolute atomic E-state index is 0.0954. The van der Waals surface area contributed by atoms with Crippen LogP contribution in [-0.4, -0.2) is 34.8 Å². The summed E-state index contributed by atoms with van der Waals surface area (Å²) >= 11 is 0. The smallest absolute Gasteiger partial charge is 0.249 e. The van der Waals surface area contributed by atoms with Crippen molar-refractivity contribution in [1.29, 1.82) is 0 Å². The first-order chi connectivity index (χ1) is 9.58. The first kappa shape index (κ1) is 13.9. The maximum absolute atomic E-state index is 12.9. The van der Waals surface area contributed by atoms with Gasteiger partial charge in [-0.1, -0.05) is 19.8 Å². The first-order valence-electron chi connectivity index (χ1n) is 8.21. The summed E-state index contributed by atoms with van der Waals surface area (Å²) < 4.78 is 0. The molecule has 2 amide bonds. The largest absolute Gasteiger partial charge is 0.340 e. The Hall–Kier alpha value is -1.06. The molecule has 0 bridgehead atoms. The Morgan fingerprint density at radius 2 is 1.90 bits per heavy atom. The summed E-state index contributed by atoms with van der Waals surface area (Å²) in [7, 11) is 0. The van der Waals surface area contributed by atoms with Crippen LogP contribution < -0.4 is 5.32 Å². The van der Waals surface area contributed by atoms with Crippen LogP contribution in [0.5, 0.6) is 0 Å². The van der Waals surface area contributed by atoms with Crippen molar-refractivity contribution >= 4 is 11.8 Å². The fourth-order valence-corrected chi connectivity index (χ4v) is 3.54.